The van der Waals surface area contributed by atoms with E-state index in [0.29, 0.717) is 64.3 Å². The van der Waals surface area contributed by atoms with E-state index >= 15 is 0 Å². The Hall–Kier alpha value is -3.43. The van der Waals surface area contributed by atoms with Crippen LogP contribution in [0.5, 0.6) is 0 Å². The van der Waals surface area contributed by atoms with Crippen molar-refractivity contribution < 1.29 is 23.1 Å². The van der Waals surface area contributed by atoms with Crippen LogP contribution in [0.25, 0.3) is 0 Å². The summed E-state index contributed by atoms with van der Waals surface area (Å²) < 4.78 is 32.2. The molecule has 0 aliphatic carbocycles. The molecule has 5 rings (SSSR count). The number of Topliss-reactive ketones (excluding diaryl/α,β-unsaturated/α-hetero) is 1. The molecule has 0 unspecified atom stereocenters. The minimum Gasteiger partial charge on any atom is -0.377 e. The number of amides is 1. The molecule has 3 heterocycles. The van der Waals surface area contributed by atoms with E-state index in [2.05, 4.69) is 15.2 Å². The van der Waals surface area contributed by atoms with Crippen LogP contribution >= 0.6 is 0 Å². The molecule has 1 saturated heterocycles. The van der Waals surface area contributed by atoms with E-state index in [1.807, 2.05) is 0 Å². The summed E-state index contributed by atoms with van der Waals surface area (Å²) in [5.41, 5.74) is 3.64. The number of hydrogen-bond acceptors (Lipinski definition) is 6. The third-order valence-corrected chi connectivity index (χ3v) is 7.38. The van der Waals surface area contributed by atoms with Gasteiger partial charge in [-0.1, -0.05) is 12.1 Å². The minimum atomic E-state index is -0.362. The van der Waals surface area contributed by atoms with Crippen molar-refractivity contribution >= 4 is 17.5 Å². The maximum atomic E-state index is 13.5. The lowest BCUT2D eigenvalue weighted by molar-refractivity contribution is -0.132. The third-order valence-electron chi connectivity index (χ3n) is 7.38. The Bertz CT molecular complexity index is 1220. The minimum absolute atomic E-state index is 0.0251. The summed E-state index contributed by atoms with van der Waals surface area (Å²) in [4.78, 5) is 34.8. The summed E-state index contributed by atoms with van der Waals surface area (Å²) in [7, 11) is 0. The van der Waals surface area contributed by atoms with Crippen molar-refractivity contribution in [2.75, 3.05) is 45.9 Å². The molecule has 2 aromatic carbocycles. The van der Waals surface area contributed by atoms with Gasteiger partial charge in [0.2, 0.25) is 5.91 Å². The van der Waals surface area contributed by atoms with Gasteiger partial charge in [-0.15, -0.1) is 0 Å². The first-order valence-corrected chi connectivity index (χ1v) is 13.1. The van der Waals surface area contributed by atoms with Crippen LogP contribution in [0.15, 0.2) is 64.8 Å². The molecule has 0 bridgehead atoms. The number of carbonyl (C=O) groups is 2. The van der Waals surface area contributed by atoms with Crippen molar-refractivity contribution in [1.82, 2.24) is 15.1 Å². The molecule has 1 N–H and O–H groups in total. The van der Waals surface area contributed by atoms with Crippen LogP contribution < -0.4 is 5.32 Å². The number of likely N-dealkylation sites (tertiary alicyclic amines) is 1. The van der Waals surface area contributed by atoms with Gasteiger partial charge < -0.3 is 15.0 Å². The fourth-order valence-electron chi connectivity index (χ4n) is 5.14. The molecule has 9 heteroatoms. The molecule has 200 valence electrons. The predicted octanol–water partition coefficient (Wildman–Crippen LogP) is 3.56. The number of ether oxygens (including phenoxy) is 1. The van der Waals surface area contributed by atoms with E-state index in [-0.39, 0.29) is 35.8 Å². The first kappa shape index (κ1) is 26.2. The lowest BCUT2D eigenvalue weighted by Gasteiger charge is -2.33. The summed E-state index contributed by atoms with van der Waals surface area (Å²) in [5, 5.41) is 3.40. The summed E-state index contributed by atoms with van der Waals surface area (Å²) in [6.07, 6.45) is 2.09. The monoisotopic (exact) mass is 522 g/mol. The van der Waals surface area contributed by atoms with Crippen molar-refractivity contribution in [1.29, 1.82) is 0 Å². The number of nitrogens with zero attached hydrogens (tertiary/aromatic N) is 3. The number of carbonyl (C=O) groups excluding carboxylic acids is 2. The molecule has 38 heavy (non-hydrogen) atoms. The molecule has 1 amide bonds. The molecule has 0 aromatic heterocycles. The smallest absolute Gasteiger partial charge is 0.237 e. The first-order valence-electron chi connectivity index (χ1n) is 13.1. The highest BCUT2D eigenvalue weighted by molar-refractivity contribution is 5.98. The van der Waals surface area contributed by atoms with Crippen LogP contribution in [0, 0.1) is 17.6 Å². The van der Waals surface area contributed by atoms with E-state index < -0.39 is 0 Å². The number of ketones is 1. The fraction of sp³-hybridized carbons (Fsp3) is 0.414. The maximum absolute atomic E-state index is 13.5. The topological polar surface area (TPSA) is 74.2 Å². The van der Waals surface area contributed by atoms with Crippen molar-refractivity contribution in [3.05, 3.63) is 82.6 Å². The molecule has 0 saturated carbocycles. The van der Waals surface area contributed by atoms with E-state index in [9.17, 15) is 18.4 Å². The quantitative estimate of drug-likeness (QED) is 0.537. The van der Waals surface area contributed by atoms with Crippen molar-refractivity contribution in [2.45, 2.75) is 25.8 Å². The van der Waals surface area contributed by atoms with Gasteiger partial charge in [0.1, 0.15) is 17.5 Å². The zero-order chi connectivity index (χ0) is 26.5. The molecule has 1 fully saturated rings. The zero-order valence-corrected chi connectivity index (χ0v) is 21.3. The van der Waals surface area contributed by atoms with Crippen LogP contribution in [0.4, 0.5) is 8.78 Å². The summed E-state index contributed by atoms with van der Waals surface area (Å²) in [6, 6.07) is 11.9. The van der Waals surface area contributed by atoms with Gasteiger partial charge in [-0.3, -0.25) is 19.5 Å². The van der Waals surface area contributed by atoms with E-state index in [0.717, 1.165) is 29.1 Å². The highest BCUT2D eigenvalue weighted by atomic mass is 19.1. The van der Waals surface area contributed by atoms with Crippen molar-refractivity contribution in [3.63, 3.8) is 0 Å². The number of benzene rings is 2. The van der Waals surface area contributed by atoms with Gasteiger partial charge in [0.25, 0.3) is 0 Å². The lowest BCUT2D eigenvalue weighted by Crippen LogP contribution is -2.47. The Labute approximate surface area is 221 Å². The molecular formula is C29H32F2N4O3. The summed E-state index contributed by atoms with van der Waals surface area (Å²) in [6.45, 7) is 3.96. The number of amidine groups is 1. The predicted molar refractivity (Wildman–Crippen MR) is 140 cm³/mol. The summed E-state index contributed by atoms with van der Waals surface area (Å²) >= 11 is 0. The van der Waals surface area contributed by atoms with Gasteiger partial charge in [0.05, 0.1) is 32.8 Å². The first-order chi connectivity index (χ1) is 18.4. The number of hydrogen-bond donors (Lipinski definition) is 1. The average Bonchev–Trinajstić information content (AvgIpc) is 2.94. The number of rotatable bonds is 8. The number of nitrogens with one attached hydrogen (secondary N) is 1. The van der Waals surface area contributed by atoms with Crippen molar-refractivity contribution in [3.8, 4) is 0 Å². The molecule has 2 aromatic rings. The van der Waals surface area contributed by atoms with Gasteiger partial charge in [-0.2, -0.15) is 0 Å². The average molecular weight is 523 g/mol. The Morgan fingerprint density at radius 2 is 1.68 bits per heavy atom. The fourth-order valence-corrected chi connectivity index (χ4v) is 5.14. The Morgan fingerprint density at radius 3 is 2.39 bits per heavy atom. The SMILES string of the molecule is O=C(c1ccc(F)cc1)C1CCN(CC(=O)N(CC2=NCC3=C(CCOC3)N2)Cc2ccc(F)cc2)CC1. The third kappa shape index (κ3) is 6.52. The number of halogens is 2. The Balaban J connectivity index is 1.20. The van der Waals surface area contributed by atoms with Gasteiger partial charge in [0.15, 0.2) is 5.78 Å². The second-order valence-corrected chi connectivity index (χ2v) is 10.1. The second kappa shape index (κ2) is 12.0. The van der Waals surface area contributed by atoms with E-state index in [1.165, 1.54) is 36.4 Å². The maximum Gasteiger partial charge on any atom is 0.237 e. The van der Waals surface area contributed by atoms with Crippen LogP contribution in [0.2, 0.25) is 0 Å². The number of aliphatic imine (C=N–C) groups is 1. The highest BCUT2D eigenvalue weighted by Crippen LogP contribution is 2.23. The molecule has 3 aliphatic heterocycles. The van der Waals surface area contributed by atoms with Crippen LogP contribution in [0.3, 0.4) is 0 Å². The Kier molecular flexibility index (Phi) is 8.24. The molecule has 3 aliphatic rings. The zero-order valence-electron chi connectivity index (χ0n) is 21.3. The normalized spacial score (nSPS) is 18.4. The van der Waals surface area contributed by atoms with Gasteiger partial charge in [-0.05, 0) is 73.5 Å². The van der Waals surface area contributed by atoms with E-state index in [1.54, 1.807) is 17.0 Å². The standard InChI is InChI=1S/C29H32F2N4O3/c30-24-5-1-20(2-6-24)16-35(17-27-32-15-23-19-38-14-11-26(23)33-27)28(36)18-34-12-9-22(10-13-34)29(37)21-3-7-25(31)8-4-21/h1-8,22H,9-19H2,(H,32,33). The molecular weight excluding hydrogens is 490 g/mol. The number of piperidine rings is 1. The molecule has 0 radical (unpaired) electrons. The van der Waals surface area contributed by atoms with Gasteiger partial charge in [-0.25, -0.2) is 8.78 Å². The summed E-state index contributed by atoms with van der Waals surface area (Å²) in [5.74, 6) is -0.0954. The van der Waals surface area contributed by atoms with Gasteiger partial charge >= 0.3 is 0 Å². The lowest BCUT2D eigenvalue weighted by atomic mass is 9.89. The van der Waals surface area contributed by atoms with Gasteiger partial charge in [0, 0.05) is 30.1 Å². The Morgan fingerprint density at radius 1 is 1.00 bits per heavy atom. The van der Waals surface area contributed by atoms with E-state index in [4.69, 9.17) is 4.74 Å². The van der Waals surface area contributed by atoms with Crippen LogP contribution in [-0.4, -0.2) is 73.3 Å². The largest absolute Gasteiger partial charge is 0.377 e. The molecule has 0 atom stereocenters. The van der Waals surface area contributed by atoms with Crippen LogP contribution in [0.1, 0.15) is 35.2 Å². The second-order valence-electron chi connectivity index (χ2n) is 10.1. The highest BCUT2D eigenvalue weighted by Gasteiger charge is 2.29. The molecule has 7 nitrogen and oxygen atoms in total. The van der Waals surface area contributed by atoms with Crippen LogP contribution in [-0.2, 0) is 16.1 Å². The van der Waals surface area contributed by atoms with Crippen molar-refractivity contribution in [2.24, 2.45) is 10.9 Å². The molecule has 0 spiro atoms.